The van der Waals surface area contributed by atoms with Gasteiger partial charge in [-0.1, -0.05) is 6.92 Å². The first-order valence-electron chi connectivity index (χ1n) is 13.0. The predicted molar refractivity (Wildman–Crippen MR) is 148 cm³/mol. The molecule has 1 amide bonds. The first kappa shape index (κ1) is 27.3. The van der Waals surface area contributed by atoms with Gasteiger partial charge < -0.3 is 41.5 Å². The molecule has 5 rings (SSSR count). The lowest BCUT2D eigenvalue weighted by molar-refractivity contribution is -0.119. The molecule has 0 radical (unpaired) electrons. The maximum absolute atomic E-state index is 10.7. The molecule has 1 aromatic carbocycles. The Hall–Kier alpha value is -2.79. The van der Waals surface area contributed by atoms with Crippen molar-refractivity contribution in [3.8, 4) is 5.75 Å². The summed E-state index contributed by atoms with van der Waals surface area (Å²) in [6, 6.07) is 6.11. The third kappa shape index (κ3) is 6.56. The first-order valence-corrected chi connectivity index (χ1v) is 13.9. The average Bonchev–Trinajstić information content (AvgIpc) is 3.60. The molecule has 7 N–H and O–H groups in total. The second-order valence-corrected chi connectivity index (χ2v) is 10.8. The van der Waals surface area contributed by atoms with Crippen molar-refractivity contribution in [3.63, 3.8) is 0 Å². The van der Waals surface area contributed by atoms with Gasteiger partial charge in [0.1, 0.15) is 11.6 Å². The van der Waals surface area contributed by atoms with Crippen molar-refractivity contribution >= 4 is 33.5 Å². The van der Waals surface area contributed by atoms with Crippen LogP contribution in [0.2, 0.25) is 0 Å². The van der Waals surface area contributed by atoms with Gasteiger partial charge in [0.2, 0.25) is 6.41 Å². The van der Waals surface area contributed by atoms with Gasteiger partial charge in [0, 0.05) is 58.2 Å². The van der Waals surface area contributed by atoms with Crippen molar-refractivity contribution in [1.29, 1.82) is 0 Å². The molecule has 37 heavy (non-hydrogen) atoms. The highest BCUT2D eigenvalue weighted by atomic mass is 32.1. The molecule has 0 spiro atoms. The van der Waals surface area contributed by atoms with E-state index in [9.17, 15) is 9.90 Å². The van der Waals surface area contributed by atoms with Crippen molar-refractivity contribution < 1.29 is 19.7 Å². The zero-order valence-corrected chi connectivity index (χ0v) is 22.3. The minimum Gasteiger partial charge on any atom is -0.507 e. The quantitative estimate of drug-likeness (QED) is 0.372. The maximum Gasteiger partial charge on any atom is 0.209 e. The fourth-order valence-corrected chi connectivity index (χ4v) is 5.87. The summed E-state index contributed by atoms with van der Waals surface area (Å²) in [5.74, 6) is 0.849. The third-order valence-corrected chi connectivity index (χ3v) is 8.25. The molecule has 0 aliphatic carbocycles. The van der Waals surface area contributed by atoms with Gasteiger partial charge in [-0.3, -0.25) is 4.79 Å². The number of benzene rings is 1. The Morgan fingerprint density at radius 2 is 1.92 bits per heavy atom. The molecule has 4 heterocycles. The number of ether oxygens (including phenoxy) is 1. The highest BCUT2D eigenvalue weighted by molar-refractivity contribution is 7.17. The number of nitrogens with zero attached hydrogens (tertiary/aromatic N) is 2. The van der Waals surface area contributed by atoms with Gasteiger partial charge in [-0.05, 0) is 62.4 Å². The lowest BCUT2D eigenvalue weighted by Gasteiger charge is -2.33. The van der Waals surface area contributed by atoms with Crippen LogP contribution in [0, 0.1) is 0 Å². The van der Waals surface area contributed by atoms with E-state index in [0.717, 1.165) is 66.5 Å². The van der Waals surface area contributed by atoms with Crippen molar-refractivity contribution in [2.75, 3.05) is 45.9 Å². The number of carbonyl (C=O) groups is 1. The lowest BCUT2D eigenvalue weighted by atomic mass is 10.00. The average molecular weight is 530 g/mol. The van der Waals surface area contributed by atoms with Crippen LogP contribution in [0.15, 0.2) is 40.5 Å². The molecule has 0 saturated carbocycles. The van der Waals surface area contributed by atoms with Crippen LogP contribution in [-0.4, -0.2) is 84.5 Å². The van der Waals surface area contributed by atoms with E-state index in [1.165, 1.54) is 6.42 Å². The molecular weight excluding hydrogens is 490 g/mol. The number of carbonyl (C=O) groups excluding carboxylic acids is 1. The Labute approximate surface area is 222 Å². The van der Waals surface area contributed by atoms with Crippen LogP contribution in [-0.2, 0) is 9.53 Å². The van der Waals surface area contributed by atoms with E-state index in [0.29, 0.717) is 49.4 Å². The normalized spacial score (nSPS) is 23.9. The zero-order chi connectivity index (χ0) is 26.4. The number of phenols is 1. The van der Waals surface area contributed by atoms with Gasteiger partial charge in [-0.15, -0.1) is 11.3 Å². The Morgan fingerprint density at radius 3 is 2.65 bits per heavy atom. The minimum atomic E-state index is -0.179. The van der Waals surface area contributed by atoms with E-state index in [-0.39, 0.29) is 11.9 Å². The van der Waals surface area contributed by atoms with Crippen molar-refractivity contribution in [3.05, 3.63) is 46.1 Å². The number of nitrogens with one attached hydrogen (secondary N) is 1. The van der Waals surface area contributed by atoms with E-state index < -0.39 is 0 Å². The fraction of sp³-hybridized carbons (Fsp3) is 0.519. The number of aliphatic hydroxyl groups is 1. The number of aromatic hydroxyl groups is 1. The lowest BCUT2D eigenvalue weighted by Crippen LogP contribution is -2.46. The molecule has 9 nitrogen and oxygen atoms in total. The van der Waals surface area contributed by atoms with Gasteiger partial charge in [-0.25, -0.2) is 0 Å². The molecule has 3 saturated heterocycles. The number of nitrogens with two attached hydrogens (primary N) is 2. The molecule has 10 heteroatoms. The zero-order valence-electron chi connectivity index (χ0n) is 21.5. The largest absolute Gasteiger partial charge is 0.507 e. The number of thiophene rings is 1. The summed E-state index contributed by atoms with van der Waals surface area (Å²) in [5.41, 5.74) is 15.8. The number of amides is 1. The van der Waals surface area contributed by atoms with Crippen LogP contribution < -0.4 is 16.8 Å². The molecule has 1 aromatic heterocycles. The van der Waals surface area contributed by atoms with Crippen LogP contribution in [0.25, 0.3) is 15.8 Å². The summed E-state index contributed by atoms with van der Waals surface area (Å²) in [4.78, 5) is 14.2. The molecule has 0 bridgehead atoms. The topological polar surface area (TPSA) is 137 Å². The molecule has 202 valence electrons. The van der Waals surface area contributed by atoms with Crippen molar-refractivity contribution in [1.82, 2.24) is 15.1 Å². The summed E-state index contributed by atoms with van der Waals surface area (Å²) < 4.78 is 6.71. The number of hydrogen-bond acceptors (Lipinski definition) is 9. The Balaban J connectivity index is 0.000000301. The number of aliphatic hydroxyl groups excluding tert-OH is 1. The molecule has 3 aliphatic heterocycles. The number of phenolic OH excluding ortho intramolecular Hbond substituents is 1. The second kappa shape index (κ2) is 12.6. The van der Waals surface area contributed by atoms with Gasteiger partial charge >= 0.3 is 0 Å². The third-order valence-electron chi connectivity index (χ3n) is 7.36. The Kier molecular flexibility index (Phi) is 9.31. The van der Waals surface area contributed by atoms with Crippen LogP contribution in [0.4, 0.5) is 0 Å². The highest BCUT2D eigenvalue weighted by Crippen LogP contribution is 2.37. The molecule has 1 unspecified atom stereocenters. The molecule has 1 atom stereocenters. The maximum atomic E-state index is 10.7. The number of hydrogen-bond donors (Lipinski definition) is 5. The van der Waals surface area contributed by atoms with Gasteiger partial charge in [0.05, 0.1) is 19.3 Å². The van der Waals surface area contributed by atoms with E-state index in [1.54, 1.807) is 16.2 Å². The van der Waals surface area contributed by atoms with Gasteiger partial charge in [-0.2, -0.15) is 0 Å². The number of fused-ring (bicyclic) bond motifs is 1. The summed E-state index contributed by atoms with van der Waals surface area (Å²) in [6.07, 6.45) is 4.41. The van der Waals surface area contributed by atoms with E-state index in [4.69, 9.17) is 21.3 Å². The Bertz CT molecular complexity index is 1140. The smallest absolute Gasteiger partial charge is 0.209 e. The van der Waals surface area contributed by atoms with Crippen LogP contribution >= 0.6 is 11.3 Å². The second-order valence-electron chi connectivity index (χ2n) is 9.82. The number of likely N-dealkylation sites (tertiary alicyclic amines) is 2. The van der Waals surface area contributed by atoms with Crippen LogP contribution in [0.3, 0.4) is 0 Å². The predicted octanol–water partition coefficient (Wildman–Crippen LogP) is 2.15. The SMILES string of the molecule is CCN1CCCC(N/C(N)=C2\COC\C2=C(\N)c2ccc3sccc3c2O)C1.O=CN1CCC(O)CC1. The van der Waals surface area contributed by atoms with Crippen LogP contribution in [0.1, 0.15) is 38.2 Å². The van der Waals surface area contributed by atoms with E-state index in [1.807, 2.05) is 23.6 Å². The summed E-state index contributed by atoms with van der Waals surface area (Å²) in [7, 11) is 0. The first-order chi connectivity index (χ1) is 17.9. The van der Waals surface area contributed by atoms with E-state index in [2.05, 4.69) is 17.1 Å². The standard InChI is InChI=1S/C21H28N4O2S.C6H11NO2/c1-2-25-8-3-4-13(10-25)24-21(23)17-12-27-11-16(17)19(22)15-5-6-18-14(20(15)26)7-9-28-18;8-5-7-3-1-6(9)2-4-7/h5-7,9,13,24,26H,2-4,8,10-12,22-23H2,1H3;5-6,9H,1-4H2/b19-16-,21-17+;. The molecular formula is C27H39N5O4S. The summed E-state index contributed by atoms with van der Waals surface area (Å²) in [6.45, 7) is 7.64. The minimum absolute atomic E-state index is 0.179. The van der Waals surface area contributed by atoms with Gasteiger partial charge in [0.15, 0.2) is 0 Å². The number of rotatable bonds is 5. The van der Waals surface area contributed by atoms with Crippen molar-refractivity contribution in [2.24, 2.45) is 11.5 Å². The molecule has 3 aliphatic rings. The van der Waals surface area contributed by atoms with E-state index >= 15 is 0 Å². The van der Waals surface area contributed by atoms with Gasteiger partial charge in [0.25, 0.3) is 0 Å². The monoisotopic (exact) mass is 529 g/mol. The van der Waals surface area contributed by atoms with Crippen molar-refractivity contribution in [2.45, 2.75) is 44.8 Å². The fourth-order valence-electron chi connectivity index (χ4n) is 5.08. The molecule has 2 aromatic rings. The highest BCUT2D eigenvalue weighted by Gasteiger charge is 2.25. The number of piperidine rings is 2. The summed E-state index contributed by atoms with van der Waals surface area (Å²) >= 11 is 1.60. The summed E-state index contributed by atoms with van der Waals surface area (Å²) in [5, 5.41) is 25.9. The Morgan fingerprint density at radius 1 is 1.16 bits per heavy atom. The van der Waals surface area contributed by atoms with Crippen LogP contribution in [0.5, 0.6) is 5.75 Å². The molecule has 3 fully saturated rings. The number of likely N-dealkylation sites (N-methyl/N-ethyl adjacent to an activating group) is 1.